The van der Waals surface area contributed by atoms with Crippen molar-refractivity contribution >= 4 is 11.8 Å². The lowest BCUT2D eigenvalue weighted by molar-refractivity contribution is -0.135. The number of rotatable bonds is 5. The van der Waals surface area contributed by atoms with E-state index < -0.39 is 0 Å². The van der Waals surface area contributed by atoms with E-state index in [1.807, 2.05) is 54.1 Å². The Morgan fingerprint density at radius 1 is 1.14 bits per heavy atom. The third-order valence-electron chi connectivity index (χ3n) is 5.18. The summed E-state index contributed by atoms with van der Waals surface area (Å²) in [5.74, 6) is 0.836. The van der Waals surface area contributed by atoms with E-state index in [9.17, 15) is 9.59 Å². The summed E-state index contributed by atoms with van der Waals surface area (Å²) in [6.07, 6.45) is 4.71. The van der Waals surface area contributed by atoms with E-state index in [1.54, 1.807) is 18.0 Å². The van der Waals surface area contributed by atoms with Crippen LogP contribution in [0.2, 0.25) is 0 Å². The van der Waals surface area contributed by atoms with Crippen molar-refractivity contribution in [2.75, 3.05) is 33.3 Å². The Morgan fingerprint density at radius 2 is 1.86 bits per heavy atom. The Balaban J connectivity index is 1.59. The molecule has 1 aliphatic heterocycles. The summed E-state index contributed by atoms with van der Waals surface area (Å²) < 4.78 is 7.05. The van der Waals surface area contributed by atoms with Crippen molar-refractivity contribution < 1.29 is 14.3 Å². The smallest absolute Gasteiger partial charge is 0.247 e. The van der Waals surface area contributed by atoms with Crippen LogP contribution in [0.1, 0.15) is 30.5 Å². The summed E-state index contributed by atoms with van der Waals surface area (Å²) >= 11 is 0. The lowest BCUT2D eigenvalue weighted by Crippen LogP contribution is -2.40. The maximum Gasteiger partial charge on any atom is 0.247 e. The Morgan fingerprint density at radius 3 is 2.57 bits per heavy atom. The highest BCUT2D eigenvalue weighted by atomic mass is 16.5. The molecule has 0 N–H and O–H groups in total. The lowest BCUT2D eigenvalue weighted by Gasteiger charge is -2.25. The van der Waals surface area contributed by atoms with Crippen LogP contribution in [-0.2, 0) is 16.0 Å². The van der Waals surface area contributed by atoms with Gasteiger partial charge in [0.25, 0.3) is 0 Å². The molecule has 2 heterocycles. The highest BCUT2D eigenvalue weighted by Gasteiger charge is 2.26. The van der Waals surface area contributed by atoms with Gasteiger partial charge in [-0.15, -0.1) is 0 Å². The number of hydrogen-bond acceptors (Lipinski definition) is 4. The van der Waals surface area contributed by atoms with Crippen molar-refractivity contribution in [3.05, 3.63) is 47.8 Å². The second-order valence-corrected chi connectivity index (χ2v) is 7.22. The average Bonchev–Trinajstić information content (AvgIpc) is 2.99. The zero-order chi connectivity index (χ0) is 20.1. The maximum absolute atomic E-state index is 12.9. The molecule has 0 saturated carbocycles. The van der Waals surface area contributed by atoms with Gasteiger partial charge in [-0.1, -0.05) is 18.2 Å². The van der Waals surface area contributed by atoms with Crippen molar-refractivity contribution in [3.8, 4) is 5.75 Å². The molecule has 28 heavy (non-hydrogen) atoms. The fraction of sp³-hybridized carbons (Fsp3) is 0.476. The van der Waals surface area contributed by atoms with E-state index >= 15 is 0 Å². The third-order valence-corrected chi connectivity index (χ3v) is 5.18. The summed E-state index contributed by atoms with van der Waals surface area (Å²) in [7, 11) is 1.61. The maximum atomic E-state index is 12.9. The number of amides is 2. The quantitative estimate of drug-likeness (QED) is 0.791. The predicted octanol–water partition coefficient (Wildman–Crippen LogP) is 2.06. The number of carbonyl (C=O) groups excluding carboxylic acids is 2. The molecule has 1 atom stereocenters. The summed E-state index contributed by atoms with van der Waals surface area (Å²) in [6.45, 7) is 6.22. The highest BCUT2D eigenvalue weighted by Crippen LogP contribution is 2.19. The van der Waals surface area contributed by atoms with E-state index in [1.165, 1.54) is 0 Å². The molecule has 1 fully saturated rings. The predicted molar refractivity (Wildman–Crippen MR) is 106 cm³/mol. The number of benzene rings is 1. The fourth-order valence-electron chi connectivity index (χ4n) is 3.53. The number of aromatic nitrogens is 2. The molecule has 7 nitrogen and oxygen atoms in total. The molecule has 1 aromatic heterocycles. The zero-order valence-electron chi connectivity index (χ0n) is 16.8. The van der Waals surface area contributed by atoms with Crippen LogP contribution in [0.4, 0.5) is 0 Å². The average molecular weight is 384 g/mol. The molecule has 2 amide bonds. The molecule has 7 heteroatoms. The van der Waals surface area contributed by atoms with E-state index in [-0.39, 0.29) is 17.9 Å². The van der Waals surface area contributed by atoms with Gasteiger partial charge in [-0.05, 0) is 31.9 Å². The number of carbonyl (C=O) groups is 2. The molecule has 150 valence electrons. The number of methoxy groups -OCH3 is 1. The number of hydrogen-bond donors (Lipinski definition) is 0. The Bertz CT molecular complexity index is 833. The Labute approximate surface area is 165 Å². The first kappa shape index (κ1) is 19.9. The molecule has 3 rings (SSSR count). The van der Waals surface area contributed by atoms with Crippen molar-refractivity contribution in [1.29, 1.82) is 0 Å². The minimum atomic E-state index is -0.343. The number of nitrogens with zero attached hydrogens (tertiary/aromatic N) is 4. The van der Waals surface area contributed by atoms with Gasteiger partial charge in [0.15, 0.2) is 0 Å². The molecule has 1 saturated heterocycles. The van der Waals surface area contributed by atoms with Crippen LogP contribution < -0.4 is 4.74 Å². The zero-order valence-corrected chi connectivity index (χ0v) is 16.8. The Hall–Kier alpha value is -2.83. The standard InChI is InChI=1S/C21H28N4O3/c1-16-14-22-25(15-16)17(2)21(27)24-10-6-9-23(11-12-24)20(26)13-18-7-4-5-8-19(18)28-3/h4-5,7-8,14-15,17H,6,9-13H2,1-3H3. The normalized spacial score (nSPS) is 15.8. The molecule has 0 spiro atoms. The van der Waals surface area contributed by atoms with Crippen LogP contribution in [0, 0.1) is 6.92 Å². The van der Waals surface area contributed by atoms with E-state index in [4.69, 9.17) is 4.74 Å². The van der Waals surface area contributed by atoms with Gasteiger partial charge in [-0.2, -0.15) is 5.10 Å². The van der Waals surface area contributed by atoms with Gasteiger partial charge in [0.2, 0.25) is 11.8 Å². The van der Waals surface area contributed by atoms with Crippen LogP contribution >= 0.6 is 0 Å². The van der Waals surface area contributed by atoms with Gasteiger partial charge < -0.3 is 14.5 Å². The third kappa shape index (κ3) is 4.52. The van der Waals surface area contributed by atoms with E-state index in [0.717, 1.165) is 23.3 Å². The number of aryl methyl sites for hydroxylation is 1. The van der Waals surface area contributed by atoms with Crippen molar-refractivity contribution in [2.45, 2.75) is 32.7 Å². The molecule has 0 aliphatic carbocycles. The SMILES string of the molecule is COc1ccccc1CC(=O)N1CCCN(C(=O)C(C)n2cc(C)cn2)CC1. The molecule has 0 radical (unpaired) electrons. The fourth-order valence-corrected chi connectivity index (χ4v) is 3.53. The van der Waals surface area contributed by atoms with Crippen molar-refractivity contribution in [1.82, 2.24) is 19.6 Å². The first-order chi connectivity index (χ1) is 13.5. The van der Waals surface area contributed by atoms with Gasteiger partial charge in [0.05, 0.1) is 19.7 Å². The number of para-hydroxylation sites is 1. The van der Waals surface area contributed by atoms with Gasteiger partial charge in [-0.3, -0.25) is 14.3 Å². The van der Waals surface area contributed by atoms with Crippen LogP contribution in [0.15, 0.2) is 36.7 Å². The minimum absolute atomic E-state index is 0.0436. The molecule has 1 aromatic carbocycles. The second-order valence-electron chi connectivity index (χ2n) is 7.22. The Kier molecular flexibility index (Phi) is 6.34. The van der Waals surface area contributed by atoms with Crippen LogP contribution in [0.5, 0.6) is 5.75 Å². The molecule has 1 aliphatic rings. The second kappa shape index (κ2) is 8.91. The molecule has 2 aromatic rings. The summed E-state index contributed by atoms with van der Waals surface area (Å²) in [4.78, 5) is 29.3. The number of ether oxygens (including phenoxy) is 1. The molecular formula is C21H28N4O3. The van der Waals surface area contributed by atoms with Gasteiger partial charge in [0, 0.05) is 37.9 Å². The van der Waals surface area contributed by atoms with Gasteiger partial charge in [-0.25, -0.2) is 0 Å². The van der Waals surface area contributed by atoms with Gasteiger partial charge in [0.1, 0.15) is 11.8 Å². The summed E-state index contributed by atoms with van der Waals surface area (Å²) in [5.41, 5.74) is 1.92. The molecular weight excluding hydrogens is 356 g/mol. The van der Waals surface area contributed by atoms with Crippen molar-refractivity contribution in [3.63, 3.8) is 0 Å². The molecule has 1 unspecified atom stereocenters. The topological polar surface area (TPSA) is 67.7 Å². The van der Waals surface area contributed by atoms with Crippen LogP contribution in [0.3, 0.4) is 0 Å². The minimum Gasteiger partial charge on any atom is -0.496 e. The largest absolute Gasteiger partial charge is 0.496 e. The van der Waals surface area contributed by atoms with Crippen molar-refractivity contribution in [2.24, 2.45) is 0 Å². The first-order valence-corrected chi connectivity index (χ1v) is 9.69. The van der Waals surface area contributed by atoms with Crippen LogP contribution in [-0.4, -0.2) is 64.7 Å². The van der Waals surface area contributed by atoms with Crippen LogP contribution in [0.25, 0.3) is 0 Å². The monoisotopic (exact) mass is 384 g/mol. The summed E-state index contributed by atoms with van der Waals surface area (Å²) in [6, 6.07) is 7.24. The first-order valence-electron chi connectivity index (χ1n) is 9.69. The molecule has 0 bridgehead atoms. The summed E-state index contributed by atoms with van der Waals surface area (Å²) in [5, 5.41) is 4.25. The van der Waals surface area contributed by atoms with E-state index in [0.29, 0.717) is 32.6 Å². The van der Waals surface area contributed by atoms with Gasteiger partial charge >= 0.3 is 0 Å². The highest BCUT2D eigenvalue weighted by molar-refractivity contribution is 5.81. The van der Waals surface area contributed by atoms with E-state index in [2.05, 4.69) is 5.10 Å². The lowest BCUT2D eigenvalue weighted by atomic mass is 10.1.